The van der Waals surface area contributed by atoms with Gasteiger partial charge in [-0.15, -0.1) is 0 Å². The summed E-state index contributed by atoms with van der Waals surface area (Å²) < 4.78 is 1.37. The Balaban J connectivity index is 1.33. The number of fused-ring (bicyclic) bond motifs is 1. The number of amides is 2. The van der Waals surface area contributed by atoms with Crippen LogP contribution in [0, 0.1) is 5.92 Å². The number of carbonyl (C=O) groups is 2. The lowest BCUT2D eigenvalue weighted by Crippen LogP contribution is -2.51. The minimum absolute atomic E-state index is 0.137. The van der Waals surface area contributed by atoms with Crippen molar-refractivity contribution in [3.8, 4) is 0 Å². The summed E-state index contributed by atoms with van der Waals surface area (Å²) in [6, 6.07) is 6.98. The van der Waals surface area contributed by atoms with E-state index >= 15 is 0 Å². The number of aromatic nitrogens is 2. The minimum Gasteiger partial charge on any atom is -0.349 e. The van der Waals surface area contributed by atoms with Crippen LogP contribution >= 0.6 is 0 Å². The molecule has 1 aromatic carbocycles. The molecule has 1 saturated carbocycles. The molecule has 8 nitrogen and oxygen atoms in total. The zero-order valence-corrected chi connectivity index (χ0v) is 19.0. The van der Waals surface area contributed by atoms with Gasteiger partial charge in [-0.1, -0.05) is 31.0 Å². The molecule has 1 N–H and O–H groups in total. The molecule has 2 heterocycles. The Hall–Kier alpha value is -2.74. The zero-order chi connectivity index (χ0) is 22.7. The molecule has 2 aliphatic rings. The van der Waals surface area contributed by atoms with Gasteiger partial charge in [0.05, 0.1) is 11.4 Å². The van der Waals surface area contributed by atoms with Crippen LogP contribution in [-0.2, 0) is 4.79 Å². The second kappa shape index (κ2) is 9.81. The Labute approximate surface area is 188 Å². The second-order valence-electron chi connectivity index (χ2n) is 9.14. The Morgan fingerprint density at radius 3 is 2.38 bits per heavy atom. The van der Waals surface area contributed by atoms with Gasteiger partial charge in [0, 0.05) is 50.6 Å². The molecule has 2 amide bonds. The third-order valence-electron chi connectivity index (χ3n) is 6.63. The predicted octanol–water partition coefficient (Wildman–Crippen LogP) is 2.04. The van der Waals surface area contributed by atoms with E-state index < -0.39 is 0 Å². The fourth-order valence-corrected chi connectivity index (χ4v) is 4.76. The molecule has 4 rings (SSSR count). The summed E-state index contributed by atoms with van der Waals surface area (Å²) in [5, 5.41) is 8.41. The van der Waals surface area contributed by atoms with Crippen LogP contribution < -0.4 is 10.9 Å². The summed E-state index contributed by atoms with van der Waals surface area (Å²) in [5.41, 5.74) is 0.0954. The van der Waals surface area contributed by atoms with Crippen molar-refractivity contribution in [3.63, 3.8) is 0 Å². The van der Waals surface area contributed by atoms with Crippen molar-refractivity contribution >= 4 is 22.6 Å². The third kappa shape index (κ3) is 4.70. The SMILES string of the molecule is CC(C)n1nc(C(=O)NCCN2CCN(C(=O)C3CCCC3)CC2)c2ccccc2c1=O. The highest BCUT2D eigenvalue weighted by molar-refractivity contribution is 6.04. The number of rotatable bonds is 6. The van der Waals surface area contributed by atoms with Gasteiger partial charge in [-0.3, -0.25) is 19.3 Å². The number of benzene rings is 1. The molecule has 32 heavy (non-hydrogen) atoms. The number of piperazine rings is 1. The van der Waals surface area contributed by atoms with E-state index in [-0.39, 0.29) is 29.1 Å². The molecule has 1 aromatic heterocycles. The van der Waals surface area contributed by atoms with Crippen molar-refractivity contribution in [3.05, 3.63) is 40.3 Å². The van der Waals surface area contributed by atoms with Gasteiger partial charge < -0.3 is 10.2 Å². The molecule has 1 saturated heterocycles. The summed E-state index contributed by atoms with van der Waals surface area (Å²) in [5.74, 6) is 0.289. The van der Waals surface area contributed by atoms with Crippen LogP contribution in [0.1, 0.15) is 56.1 Å². The average molecular weight is 440 g/mol. The van der Waals surface area contributed by atoms with Crippen molar-refractivity contribution < 1.29 is 9.59 Å². The molecule has 0 bridgehead atoms. The summed E-state index contributed by atoms with van der Waals surface area (Å²) in [4.78, 5) is 42.5. The molecule has 2 fully saturated rings. The van der Waals surface area contributed by atoms with E-state index in [1.54, 1.807) is 18.2 Å². The third-order valence-corrected chi connectivity index (χ3v) is 6.63. The molecule has 1 aliphatic carbocycles. The van der Waals surface area contributed by atoms with Crippen molar-refractivity contribution in [1.29, 1.82) is 0 Å². The van der Waals surface area contributed by atoms with Crippen molar-refractivity contribution in [2.24, 2.45) is 5.92 Å². The maximum atomic E-state index is 12.9. The molecule has 0 atom stereocenters. The van der Waals surface area contributed by atoms with Gasteiger partial charge in [0.15, 0.2) is 5.69 Å². The fraction of sp³-hybridized carbons (Fsp3) is 0.583. The van der Waals surface area contributed by atoms with E-state index in [0.29, 0.717) is 23.2 Å². The smallest absolute Gasteiger partial charge is 0.274 e. The Kier molecular flexibility index (Phi) is 6.89. The Morgan fingerprint density at radius 2 is 1.72 bits per heavy atom. The largest absolute Gasteiger partial charge is 0.349 e. The molecule has 8 heteroatoms. The van der Waals surface area contributed by atoms with Gasteiger partial charge in [0.1, 0.15) is 0 Å². The summed E-state index contributed by atoms with van der Waals surface area (Å²) in [6.07, 6.45) is 4.43. The fourth-order valence-electron chi connectivity index (χ4n) is 4.76. The van der Waals surface area contributed by atoms with Crippen molar-refractivity contribution in [1.82, 2.24) is 24.9 Å². The molecule has 172 valence electrons. The zero-order valence-electron chi connectivity index (χ0n) is 19.0. The van der Waals surface area contributed by atoms with Crippen molar-refractivity contribution in [2.75, 3.05) is 39.3 Å². The first kappa shape index (κ1) is 22.5. The normalized spacial score (nSPS) is 17.9. The number of carbonyl (C=O) groups excluding carboxylic acids is 2. The highest BCUT2D eigenvalue weighted by Crippen LogP contribution is 2.26. The molecular weight excluding hydrogens is 406 g/mol. The van der Waals surface area contributed by atoms with Crippen LogP contribution in [0.3, 0.4) is 0 Å². The summed E-state index contributed by atoms with van der Waals surface area (Å²) >= 11 is 0. The second-order valence-corrected chi connectivity index (χ2v) is 9.14. The highest BCUT2D eigenvalue weighted by Gasteiger charge is 2.29. The lowest BCUT2D eigenvalue weighted by Gasteiger charge is -2.36. The van der Waals surface area contributed by atoms with Gasteiger partial charge >= 0.3 is 0 Å². The minimum atomic E-state index is -0.273. The van der Waals surface area contributed by atoms with Gasteiger partial charge in [-0.2, -0.15) is 5.10 Å². The molecule has 2 aromatic rings. The Morgan fingerprint density at radius 1 is 1.06 bits per heavy atom. The van der Waals surface area contributed by atoms with Crippen molar-refractivity contribution in [2.45, 2.75) is 45.6 Å². The van der Waals surface area contributed by atoms with Crippen LogP contribution in [0.15, 0.2) is 29.1 Å². The maximum absolute atomic E-state index is 12.9. The van der Waals surface area contributed by atoms with Crippen LogP contribution in [0.2, 0.25) is 0 Å². The van der Waals surface area contributed by atoms with Crippen LogP contribution in [-0.4, -0.2) is 70.7 Å². The van der Waals surface area contributed by atoms with Gasteiger partial charge in [-0.05, 0) is 32.8 Å². The first-order valence-electron chi connectivity index (χ1n) is 11.8. The van der Waals surface area contributed by atoms with E-state index in [1.807, 2.05) is 24.8 Å². The van der Waals surface area contributed by atoms with E-state index in [1.165, 1.54) is 17.5 Å². The Bertz CT molecular complexity index is 1030. The van der Waals surface area contributed by atoms with E-state index in [9.17, 15) is 14.4 Å². The highest BCUT2D eigenvalue weighted by atomic mass is 16.2. The standard InChI is InChI=1S/C24H33N5O3/c1-17(2)29-24(32)20-10-6-5-9-19(20)21(26-29)22(30)25-11-12-27-13-15-28(16-14-27)23(31)18-7-3-4-8-18/h5-6,9-10,17-18H,3-4,7-8,11-16H2,1-2H3,(H,25,30). The van der Waals surface area contributed by atoms with E-state index in [4.69, 9.17) is 0 Å². The first-order chi connectivity index (χ1) is 15.5. The predicted molar refractivity (Wildman–Crippen MR) is 124 cm³/mol. The topological polar surface area (TPSA) is 87.5 Å². The van der Waals surface area contributed by atoms with Crippen LogP contribution in [0.25, 0.3) is 10.8 Å². The molecular formula is C24H33N5O3. The van der Waals surface area contributed by atoms with E-state index in [0.717, 1.165) is 45.6 Å². The lowest BCUT2D eigenvalue weighted by molar-refractivity contribution is -0.137. The number of nitrogens with zero attached hydrogens (tertiary/aromatic N) is 4. The number of nitrogens with one attached hydrogen (secondary N) is 1. The van der Waals surface area contributed by atoms with Gasteiger partial charge in [-0.25, -0.2) is 4.68 Å². The average Bonchev–Trinajstić information content (AvgIpc) is 3.34. The quantitative estimate of drug-likeness (QED) is 0.744. The summed E-state index contributed by atoms with van der Waals surface area (Å²) in [6.45, 7) is 8.14. The lowest BCUT2D eigenvalue weighted by atomic mass is 10.1. The van der Waals surface area contributed by atoms with Crippen LogP contribution in [0.4, 0.5) is 0 Å². The molecule has 0 spiro atoms. The summed E-state index contributed by atoms with van der Waals surface area (Å²) in [7, 11) is 0. The van der Waals surface area contributed by atoms with Gasteiger partial charge in [0.2, 0.25) is 5.91 Å². The van der Waals surface area contributed by atoms with E-state index in [2.05, 4.69) is 15.3 Å². The molecule has 0 unspecified atom stereocenters. The first-order valence-corrected chi connectivity index (χ1v) is 11.8. The maximum Gasteiger partial charge on any atom is 0.274 e. The molecule has 1 aliphatic heterocycles. The number of hydrogen-bond acceptors (Lipinski definition) is 5. The monoisotopic (exact) mass is 439 g/mol. The van der Waals surface area contributed by atoms with Crippen LogP contribution in [0.5, 0.6) is 0 Å². The number of hydrogen-bond donors (Lipinski definition) is 1. The van der Waals surface area contributed by atoms with Gasteiger partial charge in [0.25, 0.3) is 11.5 Å². The molecule has 0 radical (unpaired) electrons.